The molecule has 1 rings (SSSR count). The van der Waals surface area contributed by atoms with Gasteiger partial charge in [0.2, 0.25) is 0 Å². The van der Waals surface area contributed by atoms with Crippen LogP contribution in [-0.4, -0.2) is 19.0 Å². The summed E-state index contributed by atoms with van der Waals surface area (Å²) in [5, 5.41) is 0. The molecule has 0 aliphatic rings. The third-order valence-electron chi connectivity index (χ3n) is 2.34. The lowest BCUT2D eigenvalue weighted by Crippen LogP contribution is -2.24. The Morgan fingerprint density at radius 1 is 1.47 bits per heavy atom. The predicted octanol–water partition coefficient (Wildman–Crippen LogP) is 2.36. The molecule has 0 fully saturated rings. The number of halogens is 1. The third kappa shape index (κ3) is 3.13. The van der Waals surface area contributed by atoms with Crippen LogP contribution in [0.4, 0.5) is 4.39 Å². The zero-order valence-corrected chi connectivity index (χ0v) is 9.00. The summed E-state index contributed by atoms with van der Waals surface area (Å²) in [6, 6.07) is 6.31. The molecule has 0 saturated carbocycles. The van der Waals surface area contributed by atoms with Gasteiger partial charge in [0.05, 0.1) is 0 Å². The van der Waals surface area contributed by atoms with Gasteiger partial charge < -0.3 is 4.74 Å². The first kappa shape index (κ1) is 11.9. The number of Topliss-reactive ketones (excluding diaryl/α,β-unsaturated/α-hetero) is 1. The van der Waals surface area contributed by atoms with Crippen LogP contribution in [0.15, 0.2) is 24.3 Å². The maximum Gasteiger partial charge on any atom is 0.165 e. The summed E-state index contributed by atoms with van der Waals surface area (Å²) in [6.07, 6.45) is 0.285. The summed E-state index contributed by atoms with van der Waals surface area (Å²) in [6.45, 7) is 1.87. The average Bonchev–Trinajstić information content (AvgIpc) is 2.23. The number of ketones is 1. The number of rotatable bonds is 5. The van der Waals surface area contributed by atoms with Gasteiger partial charge in [0, 0.05) is 13.5 Å². The molecule has 15 heavy (non-hydrogen) atoms. The Morgan fingerprint density at radius 3 is 2.67 bits per heavy atom. The lowest BCUT2D eigenvalue weighted by atomic mass is 10.0. The van der Waals surface area contributed by atoms with Gasteiger partial charge >= 0.3 is 0 Å². The first-order valence-electron chi connectivity index (χ1n) is 4.98. The van der Waals surface area contributed by atoms with E-state index in [1.54, 1.807) is 18.2 Å². The average molecular weight is 210 g/mol. The summed E-state index contributed by atoms with van der Waals surface area (Å²) >= 11 is 0. The van der Waals surface area contributed by atoms with Crippen LogP contribution in [0, 0.1) is 5.82 Å². The van der Waals surface area contributed by atoms with Crippen molar-refractivity contribution in [3.8, 4) is 0 Å². The molecule has 0 heterocycles. The number of ether oxygens (including phenoxy) is 1. The zero-order valence-electron chi connectivity index (χ0n) is 9.00. The van der Waals surface area contributed by atoms with E-state index in [4.69, 9.17) is 4.74 Å². The number of carbonyl (C=O) groups is 1. The van der Waals surface area contributed by atoms with Crippen molar-refractivity contribution in [2.45, 2.75) is 25.9 Å². The highest BCUT2D eigenvalue weighted by molar-refractivity contribution is 5.85. The number of hydrogen-bond donors (Lipinski definition) is 0. The van der Waals surface area contributed by atoms with Crippen molar-refractivity contribution in [3.05, 3.63) is 35.6 Å². The van der Waals surface area contributed by atoms with Crippen LogP contribution in [0.1, 0.15) is 18.9 Å². The molecule has 0 bridgehead atoms. The van der Waals surface area contributed by atoms with Gasteiger partial charge in [-0.3, -0.25) is 4.79 Å². The van der Waals surface area contributed by atoms with E-state index in [-0.39, 0.29) is 18.0 Å². The molecule has 0 amide bonds. The maximum absolute atomic E-state index is 13.2. The number of carbonyl (C=O) groups excluding carboxylic acids is 1. The van der Waals surface area contributed by atoms with E-state index < -0.39 is 6.10 Å². The van der Waals surface area contributed by atoms with Crippen molar-refractivity contribution in [1.82, 2.24) is 0 Å². The second-order valence-corrected chi connectivity index (χ2v) is 3.37. The molecule has 0 saturated heterocycles. The molecule has 1 aromatic rings. The van der Waals surface area contributed by atoms with Crippen LogP contribution in [-0.2, 0) is 16.0 Å². The van der Waals surface area contributed by atoms with Gasteiger partial charge in [-0.1, -0.05) is 25.1 Å². The second-order valence-electron chi connectivity index (χ2n) is 3.37. The standard InChI is InChI=1S/C12H15FO2/c1-3-12(15-2)11(14)8-9-6-4-5-7-10(9)13/h4-7,12H,3,8H2,1-2H3. The molecular weight excluding hydrogens is 195 g/mol. The molecule has 3 heteroatoms. The largest absolute Gasteiger partial charge is 0.374 e. The minimum Gasteiger partial charge on any atom is -0.374 e. The normalized spacial score (nSPS) is 12.5. The topological polar surface area (TPSA) is 26.3 Å². The Morgan fingerprint density at radius 2 is 2.13 bits per heavy atom. The number of benzene rings is 1. The highest BCUT2D eigenvalue weighted by Crippen LogP contribution is 2.10. The van der Waals surface area contributed by atoms with Crippen LogP contribution in [0.25, 0.3) is 0 Å². The van der Waals surface area contributed by atoms with Gasteiger partial charge in [-0.15, -0.1) is 0 Å². The van der Waals surface area contributed by atoms with Crippen LogP contribution in [0.5, 0.6) is 0 Å². The van der Waals surface area contributed by atoms with Crippen LogP contribution in [0.2, 0.25) is 0 Å². The van der Waals surface area contributed by atoms with E-state index in [9.17, 15) is 9.18 Å². The molecule has 1 aromatic carbocycles. The molecule has 0 spiro atoms. The fourth-order valence-corrected chi connectivity index (χ4v) is 1.47. The van der Waals surface area contributed by atoms with E-state index in [1.165, 1.54) is 13.2 Å². The molecule has 0 radical (unpaired) electrons. The lowest BCUT2D eigenvalue weighted by Gasteiger charge is -2.11. The van der Waals surface area contributed by atoms with E-state index >= 15 is 0 Å². The highest BCUT2D eigenvalue weighted by Gasteiger charge is 2.16. The van der Waals surface area contributed by atoms with Crippen molar-refractivity contribution in [2.24, 2.45) is 0 Å². The predicted molar refractivity (Wildman–Crippen MR) is 56.2 cm³/mol. The Labute approximate surface area is 89.1 Å². The third-order valence-corrected chi connectivity index (χ3v) is 2.34. The monoisotopic (exact) mass is 210 g/mol. The molecule has 1 atom stereocenters. The van der Waals surface area contributed by atoms with Gasteiger partial charge in [0.25, 0.3) is 0 Å². The van der Waals surface area contributed by atoms with E-state index in [0.717, 1.165) is 0 Å². The molecule has 0 aromatic heterocycles. The van der Waals surface area contributed by atoms with E-state index in [0.29, 0.717) is 12.0 Å². The van der Waals surface area contributed by atoms with E-state index in [1.807, 2.05) is 6.92 Å². The fraction of sp³-hybridized carbons (Fsp3) is 0.417. The van der Waals surface area contributed by atoms with Crippen molar-refractivity contribution >= 4 is 5.78 Å². The first-order chi connectivity index (χ1) is 7.19. The van der Waals surface area contributed by atoms with Crippen molar-refractivity contribution in [1.29, 1.82) is 0 Å². The first-order valence-corrected chi connectivity index (χ1v) is 4.98. The molecule has 0 aliphatic carbocycles. The van der Waals surface area contributed by atoms with Crippen LogP contribution in [0.3, 0.4) is 0 Å². The van der Waals surface area contributed by atoms with Crippen molar-refractivity contribution in [3.63, 3.8) is 0 Å². The summed E-state index contributed by atoms with van der Waals surface area (Å²) in [5.41, 5.74) is 0.429. The number of methoxy groups -OCH3 is 1. The maximum atomic E-state index is 13.2. The number of hydrogen-bond acceptors (Lipinski definition) is 2. The Hall–Kier alpha value is -1.22. The SMILES string of the molecule is CCC(OC)C(=O)Cc1ccccc1F. The quantitative estimate of drug-likeness (QED) is 0.745. The lowest BCUT2D eigenvalue weighted by molar-refractivity contribution is -0.128. The Balaban J connectivity index is 2.70. The van der Waals surface area contributed by atoms with Gasteiger partial charge in [0.15, 0.2) is 5.78 Å². The fourth-order valence-electron chi connectivity index (χ4n) is 1.47. The molecule has 1 unspecified atom stereocenters. The van der Waals surface area contributed by atoms with Crippen molar-refractivity contribution in [2.75, 3.05) is 7.11 Å². The minimum absolute atomic E-state index is 0.0786. The summed E-state index contributed by atoms with van der Waals surface area (Å²) < 4.78 is 18.2. The summed E-state index contributed by atoms with van der Waals surface area (Å²) in [7, 11) is 1.49. The van der Waals surface area contributed by atoms with Gasteiger partial charge in [-0.25, -0.2) is 4.39 Å². The van der Waals surface area contributed by atoms with Crippen LogP contribution < -0.4 is 0 Å². The molecule has 82 valence electrons. The molecule has 0 N–H and O–H groups in total. The Kier molecular flexibility index (Phi) is 4.43. The second kappa shape index (κ2) is 5.61. The highest BCUT2D eigenvalue weighted by atomic mass is 19.1. The molecule has 0 aliphatic heterocycles. The summed E-state index contributed by atoms with van der Waals surface area (Å²) in [4.78, 5) is 11.6. The van der Waals surface area contributed by atoms with Gasteiger partial charge in [0.1, 0.15) is 11.9 Å². The molecule has 2 nitrogen and oxygen atoms in total. The minimum atomic E-state index is -0.426. The smallest absolute Gasteiger partial charge is 0.165 e. The van der Waals surface area contributed by atoms with Crippen LogP contribution >= 0.6 is 0 Å². The van der Waals surface area contributed by atoms with Gasteiger partial charge in [-0.05, 0) is 18.1 Å². The van der Waals surface area contributed by atoms with Crippen molar-refractivity contribution < 1.29 is 13.9 Å². The van der Waals surface area contributed by atoms with E-state index in [2.05, 4.69) is 0 Å². The molecular formula is C12H15FO2. The zero-order chi connectivity index (χ0) is 11.3. The van der Waals surface area contributed by atoms with Gasteiger partial charge in [-0.2, -0.15) is 0 Å². The Bertz CT molecular complexity index is 332. The summed E-state index contributed by atoms with van der Waals surface area (Å²) in [5.74, 6) is -0.415.